The van der Waals surface area contributed by atoms with Crippen LogP contribution in [0.3, 0.4) is 0 Å². The number of carboxylic acids is 1. The van der Waals surface area contributed by atoms with Gasteiger partial charge in [-0.2, -0.15) is 0 Å². The van der Waals surface area contributed by atoms with Crippen molar-refractivity contribution in [1.82, 2.24) is 5.32 Å². The number of rotatable bonds is 5. The van der Waals surface area contributed by atoms with Crippen LogP contribution in [0.5, 0.6) is 0 Å². The number of hydrogen-bond acceptors (Lipinski definition) is 4. The second kappa shape index (κ2) is 7.10. The van der Waals surface area contributed by atoms with Crippen molar-refractivity contribution in [3.63, 3.8) is 0 Å². The van der Waals surface area contributed by atoms with Crippen LogP contribution >= 0.6 is 0 Å². The highest BCUT2D eigenvalue weighted by atomic mass is 16.4. The molecule has 0 aliphatic heterocycles. The standard InChI is InChI=1S/C12H15N3O5/c1-7(17)13-8-3-2-4-9(5-8)14-12(20)15-10(6-16)11(18)19/h2-5,10,16H,6H2,1H3,(H,13,17)(H,18,19)(H2,14,15,20)/t10-/m0/s1. The van der Waals surface area contributed by atoms with E-state index in [2.05, 4.69) is 16.0 Å². The Kier molecular flexibility index (Phi) is 5.48. The SMILES string of the molecule is CC(=O)Nc1cccc(NC(=O)N[C@@H](CO)C(=O)O)c1. The smallest absolute Gasteiger partial charge is 0.328 e. The van der Waals surface area contributed by atoms with Crippen molar-refractivity contribution in [3.05, 3.63) is 24.3 Å². The van der Waals surface area contributed by atoms with Crippen molar-refractivity contribution in [3.8, 4) is 0 Å². The van der Waals surface area contributed by atoms with E-state index in [9.17, 15) is 14.4 Å². The third kappa shape index (κ3) is 4.94. The van der Waals surface area contributed by atoms with E-state index >= 15 is 0 Å². The molecular weight excluding hydrogens is 266 g/mol. The highest BCUT2D eigenvalue weighted by Gasteiger charge is 2.18. The van der Waals surface area contributed by atoms with Gasteiger partial charge in [-0.25, -0.2) is 9.59 Å². The summed E-state index contributed by atoms with van der Waals surface area (Å²) in [6.07, 6.45) is 0. The van der Waals surface area contributed by atoms with Gasteiger partial charge in [-0.05, 0) is 18.2 Å². The predicted octanol–water partition coefficient (Wildman–Crippen LogP) is 0.212. The second-order valence-corrected chi connectivity index (χ2v) is 3.93. The van der Waals surface area contributed by atoms with Crippen LogP contribution < -0.4 is 16.0 Å². The maximum atomic E-state index is 11.5. The first-order valence-corrected chi connectivity index (χ1v) is 5.71. The van der Waals surface area contributed by atoms with Crippen LogP contribution in [0.25, 0.3) is 0 Å². The van der Waals surface area contributed by atoms with Crippen LogP contribution in [-0.2, 0) is 9.59 Å². The number of urea groups is 1. The fourth-order valence-electron chi connectivity index (χ4n) is 1.39. The second-order valence-electron chi connectivity index (χ2n) is 3.93. The average molecular weight is 281 g/mol. The van der Waals surface area contributed by atoms with E-state index in [1.54, 1.807) is 18.2 Å². The zero-order chi connectivity index (χ0) is 15.1. The molecule has 0 bridgehead atoms. The van der Waals surface area contributed by atoms with Crippen molar-refractivity contribution < 1.29 is 24.6 Å². The number of aliphatic hydroxyl groups is 1. The lowest BCUT2D eigenvalue weighted by atomic mass is 10.2. The number of carbonyl (C=O) groups is 3. The molecule has 3 amide bonds. The quantitative estimate of drug-likeness (QED) is 0.527. The fraction of sp³-hybridized carbons (Fsp3) is 0.250. The first-order chi connectivity index (χ1) is 9.42. The number of carbonyl (C=O) groups excluding carboxylic acids is 2. The molecule has 1 aromatic rings. The van der Waals surface area contributed by atoms with Crippen molar-refractivity contribution >= 4 is 29.3 Å². The summed E-state index contributed by atoms with van der Waals surface area (Å²) in [4.78, 5) is 33.1. The lowest BCUT2D eigenvalue weighted by molar-refractivity contribution is -0.140. The predicted molar refractivity (Wildman–Crippen MR) is 71.4 cm³/mol. The number of nitrogens with one attached hydrogen (secondary N) is 3. The van der Waals surface area contributed by atoms with Gasteiger partial charge in [0.2, 0.25) is 5.91 Å². The van der Waals surface area contributed by atoms with Crippen LogP contribution in [0.2, 0.25) is 0 Å². The summed E-state index contributed by atoms with van der Waals surface area (Å²) >= 11 is 0. The molecule has 0 saturated heterocycles. The first-order valence-electron chi connectivity index (χ1n) is 5.71. The van der Waals surface area contributed by atoms with Crippen molar-refractivity contribution in [2.75, 3.05) is 17.2 Å². The minimum Gasteiger partial charge on any atom is -0.480 e. The van der Waals surface area contributed by atoms with Crippen molar-refractivity contribution in [2.24, 2.45) is 0 Å². The van der Waals surface area contributed by atoms with E-state index in [1.165, 1.54) is 13.0 Å². The minimum absolute atomic E-state index is 0.252. The lowest BCUT2D eigenvalue weighted by Gasteiger charge is -2.13. The van der Waals surface area contributed by atoms with Gasteiger partial charge < -0.3 is 26.2 Å². The lowest BCUT2D eigenvalue weighted by Crippen LogP contribution is -2.45. The van der Waals surface area contributed by atoms with Gasteiger partial charge in [-0.3, -0.25) is 4.79 Å². The summed E-state index contributed by atoms with van der Waals surface area (Å²) in [7, 11) is 0. The molecule has 20 heavy (non-hydrogen) atoms. The molecule has 0 heterocycles. The van der Waals surface area contributed by atoms with Gasteiger partial charge >= 0.3 is 12.0 Å². The maximum Gasteiger partial charge on any atom is 0.328 e. The van der Waals surface area contributed by atoms with Crippen LogP contribution in [-0.4, -0.2) is 40.8 Å². The summed E-state index contributed by atoms with van der Waals surface area (Å²) in [6.45, 7) is 0.639. The van der Waals surface area contributed by atoms with Crippen molar-refractivity contribution in [1.29, 1.82) is 0 Å². The number of hydrogen-bond donors (Lipinski definition) is 5. The number of aliphatic hydroxyl groups excluding tert-OH is 1. The fourth-order valence-corrected chi connectivity index (χ4v) is 1.39. The summed E-state index contributed by atoms with van der Waals surface area (Å²) < 4.78 is 0. The van der Waals surface area contributed by atoms with Gasteiger partial charge in [0.25, 0.3) is 0 Å². The molecule has 0 radical (unpaired) electrons. The molecule has 1 rings (SSSR count). The Labute approximate surface area is 114 Å². The zero-order valence-electron chi connectivity index (χ0n) is 10.7. The Hall–Kier alpha value is -2.61. The molecular formula is C12H15N3O5. The zero-order valence-corrected chi connectivity index (χ0v) is 10.7. The van der Waals surface area contributed by atoms with Gasteiger partial charge in [0.05, 0.1) is 6.61 Å². The normalized spacial score (nSPS) is 11.3. The molecule has 0 saturated carbocycles. The maximum absolute atomic E-state index is 11.5. The number of benzene rings is 1. The topological polar surface area (TPSA) is 128 Å². The van der Waals surface area contributed by atoms with E-state index in [4.69, 9.17) is 10.2 Å². The molecule has 0 aromatic heterocycles. The molecule has 0 unspecified atom stereocenters. The van der Waals surface area contributed by atoms with E-state index in [-0.39, 0.29) is 5.91 Å². The number of carboxylic acid groups (broad SMARTS) is 1. The largest absolute Gasteiger partial charge is 0.480 e. The van der Waals surface area contributed by atoms with E-state index in [0.717, 1.165) is 0 Å². The van der Waals surface area contributed by atoms with E-state index < -0.39 is 24.6 Å². The van der Waals surface area contributed by atoms with Gasteiger partial charge in [-0.1, -0.05) is 6.07 Å². The van der Waals surface area contributed by atoms with Gasteiger partial charge in [-0.15, -0.1) is 0 Å². The summed E-state index contributed by atoms with van der Waals surface area (Å²) in [5.74, 6) is -1.59. The monoisotopic (exact) mass is 281 g/mol. The third-order valence-corrected chi connectivity index (χ3v) is 2.23. The number of aliphatic carboxylic acids is 1. The third-order valence-electron chi connectivity index (χ3n) is 2.23. The molecule has 8 heteroatoms. The Morgan fingerprint density at radius 2 is 1.80 bits per heavy atom. The highest BCUT2D eigenvalue weighted by Crippen LogP contribution is 2.14. The molecule has 0 spiro atoms. The van der Waals surface area contributed by atoms with Crippen LogP contribution in [0.4, 0.5) is 16.2 Å². The Balaban J connectivity index is 2.66. The summed E-state index contributed by atoms with van der Waals surface area (Å²) in [5.41, 5.74) is 0.864. The Bertz CT molecular complexity index is 518. The average Bonchev–Trinajstić information content (AvgIpc) is 2.35. The van der Waals surface area contributed by atoms with Gasteiger partial charge in [0, 0.05) is 18.3 Å². The van der Waals surface area contributed by atoms with E-state index in [0.29, 0.717) is 11.4 Å². The van der Waals surface area contributed by atoms with Gasteiger partial charge in [0.1, 0.15) is 0 Å². The van der Waals surface area contributed by atoms with E-state index in [1.807, 2.05) is 0 Å². The summed E-state index contributed by atoms with van der Waals surface area (Å²) in [5, 5.41) is 24.5. The molecule has 0 aliphatic carbocycles. The minimum atomic E-state index is -1.38. The van der Waals surface area contributed by atoms with Gasteiger partial charge in [0.15, 0.2) is 6.04 Å². The molecule has 108 valence electrons. The molecule has 1 aromatic carbocycles. The summed E-state index contributed by atoms with van der Waals surface area (Å²) in [6, 6.07) is 4.18. The number of amides is 3. The first kappa shape index (κ1) is 15.4. The van der Waals surface area contributed by atoms with Crippen LogP contribution in [0.15, 0.2) is 24.3 Å². The molecule has 8 nitrogen and oxygen atoms in total. The Morgan fingerprint density at radius 1 is 1.20 bits per heavy atom. The highest BCUT2D eigenvalue weighted by molar-refractivity contribution is 5.94. The van der Waals surface area contributed by atoms with Crippen LogP contribution in [0, 0.1) is 0 Å². The van der Waals surface area contributed by atoms with Crippen LogP contribution in [0.1, 0.15) is 6.92 Å². The molecule has 1 atom stereocenters. The van der Waals surface area contributed by atoms with Crippen molar-refractivity contribution in [2.45, 2.75) is 13.0 Å². The Morgan fingerprint density at radius 3 is 2.30 bits per heavy atom. The number of anilines is 2. The molecule has 0 fully saturated rings. The molecule has 0 aliphatic rings. The molecule has 5 N–H and O–H groups in total.